The minimum Gasteiger partial charge on any atom is -0.316 e. The minimum absolute atomic E-state index is 0.448. The van der Waals surface area contributed by atoms with Crippen LogP contribution in [0.4, 0.5) is 5.69 Å². The first-order valence-corrected chi connectivity index (χ1v) is 22.4. The lowest BCUT2D eigenvalue weighted by Gasteiger charge is -2.17. The summed E-state index contributed by atoms with van der Waals surface area (Å²) in [6.07, 6.45) is 11.7. The van der Waals surface area contributed by atoms with Crippen LogP contribution in [0.25, 0.3) is 62.4 Å². The molecule has 0 fully saturated rings. The summed E-state index contributed by atoms with van der Waals surface area (Å²) >= 11 is 0. The standard InChI is InChI=1S/C56H45N2OP/c1-42-17-8-9-23-50(42)51-24-10-13-27-54(51)57-36-34-44-39-45(35-37-58-55-28-14-11-25-52(55)53-26-12-15-29-56(53)58)41-47(40-44)46-32-30-43(31-33-46)18-16-38-60(59,48-19-4-2-5-20-48)49-21-6-3-7-22-49/h2-33,35-37,39-41H,34,38H2,1H3/b18-16+,37-35+,57-36?. The molecule has 0 N–H and O–H groups in total. The van der Waals surface area contributed by atoms with Crippen LogP contribution in [-0.2, 0) is 11.0 Å². The molecule has 0 atom stereocenters. The van der Waals surface area contributed by atoms with E-state index in [0.717, 1.165) is 44.1 Å². The largest absolute Gasteiger partial charge is 0.316 e. The van der Waals surface area contributed by atoms with E-state index in [-0.39, 0.29) is 0 Å². The van der Waals surface area contributed by atoms with Crippen molar-refractivity contribution >= 4 is 69.8 Å². The van der Waals surface area contributed by atoms with Crippen LogP contribution in [0.5, 0.6) is 0 Å². The van der Waals surface area contributed by atoms with Gasteiger partial charge in [0.05, 0.1) is 16.7 Å². The van der Waals surface area contributed by atoms with Crippen molar-refractivity contribution in [2.75, 3.05) is 6.16 Å². The Morgan fingerprint density at radius 2 is 1.12 bits per heavy atom. The fraction of sp³-hybridized carbons (Fsp3) is 0.0536. The van der Waals surface area contributed by atoms with Crippen molar-refractivity contribution in [2.45, 2.75) is 13.3 Å². The third-order valence-corrected chi connectivity index (χ3v) is 14.2. The van der Waals surface area contributed by atoms with Crippen LogP contribution in [-0.4, -0.2) is 16.9 Å². The van der Waals surface area contributed by atoms with Crippen molar-refractivity contribution in [2.24, 2.45) is 4.99 Å². The topological polar surface area (TPSA) is 34.4 Å². The predicted molar refractivity (Wildman–Crippen MR) is 259 cm³/mol. The molecule has 1 aromatic heterocycles. The highest BCUT2D eigenvalue weighted by atomic mass is 31.2. The number of aromatic nitrogens is 1. The molecule has 60 heavy (non-hydrogen) atoms. The number of allylic oxidation sites excluding steroid dienone is 1. The summed E-state index contributed by atoms with van der Waals surface area (Å²) in [5, 5.41) is 4.23. The molecule has 9 aromatic rings. The SMILES string of the molecule is Cc1ccccc1-c1ccccc1N=CCc1cc(/C=C/n2c3ccccc3c3ccccc32)cc(-c2ccc(/C=C/CP(=O)(c3ccccc3)c3ccccc3)cc2)c1. The van der Waals surface area contributed by atoms with Crippen LogP contribution in [0.3, 0.4) is 0 Å². The third-order valence-electron chi connectivity index (χ3n) is 11.2. The Morgan fingerprint density at radius 3 is 1.78 bits per heavy atom. The molecule has 1 heterocycles. The fourth-order valence-corrected chi connectivity index (χ4v) is 10.6. The van der Waals surface area contributed by atoms with E-state index >= 15 is 0 Å². The Bertz CT molecular complexity index is 2970. The van der Waals surface area contributed by atoms with Crippen LogP contribution < -0.4 is 10.6 Å². The van der Waals surface area contributed by atoms with E-state index in [1.807, 2.05) is 66.9 Å². The number of aryl methyl sites for hydroxylation is 1. The molecule has 290 valence electrons. The van der Waals surface area contributed by atoms with Crippen LogP contribution in [0.1, 0.15) is 22.3 Å². The van der Waals surface area contributed by atoms with Crippen LogP contribution in [0.2, 0.25) is 0 Å². The van der Waals surface area contributed by atoms with E-state index in [4.69, 9.17) is 4.99 Å². The zero-order valence-electron chi connectivity index (χ0n) is 33.6. The number of fused-ring (bicyclic) bond motifs is 3. The quantitative estimate of drug-likeness (QED) is 0.0896. The first kappa shape index (κ1) is 38.5. The summed E-state index contributed by atoms with van der Waals surface area (Å²) < 4.78 is 16.8. The van der Waals surface area contributed by atoms with Crippen molar-refractivity contribution in [3.8, 4) is 22.3 Å². The molecule has 0 aliphatic rings. The molecule has 8 aromatic carbocycles. The van der Waals surface area contributed by atoms with E-state index in [2.05, 4.69) is 175 Å². The Morgan fingerprint density at radius 1 is 0.533 bits per heavy atom. The van der Waals surface area contributed by atoms with E-state index in [0.29, 0.717) is 12.6 Å². The lowest BCUT2D eigenvalue weighted by Crippen LogP contribution is -2.17. The van der Waals surface area contributed by atoms with E-state index in [9.17, 15) is 4.57 Å². The molecule has 0 bridgehead atoms. The number of aliphatic imine (C=N–C) groups is 1. The number of benzene rings is 8. The van der Waals surface area contributed by atoms with Gasteiger partial charge in [-0.25, -0.2) is 0 Å². The van der Waals surface area contributed by atoms with Gasteiger partial charge in [0, 0.05) is 51.9 Å². The first-order valence-electron chi connectivity index (χ1n) is 20.5. The van der Waals surface area contributed by atoms with Gasteiger partial charge in [0.25, 0.3) is 0 Å². The Hall–Kier alpha value is -7.06. The van der Waals surface area contributed by atoms with Gasteiger partial charge in [-0.15, -0.1) is 0 Å². The van der Waals surface area contributed by atoms with Gasteiger partial charge in [0.15, 0.2) is 0 Å². The highest BCUT2D eigenvalue weighted by molar-refractivity contribution is 7.78. The average Bonchev–Trinajstić information content (AvgIpc) is 3.63. The maximum Gasteiger partial charge on any atom is 0.146 e. The second-order valence-corrected chi connectivity index (χ2v) is 18.0. The van der Waals surface area contributed by atoms with Gasteiger partial charge < -0.3 is 9.13 Å². The molecule has 0 aliphatic carbocycles. The van der Waals surface area contributed by atoms with Gasteiger partial charge in [0.2, 0.25) is 0 Å². The summed E-state index contributed by atoms with van der Waals surface area (Å²) in [5.41, 5.74) is 12.5. The number of hydrogen-bond donors (Lipinski definition) is 0. The van der Waals surface area contributed by atoms with Gasteiger partial charge in [-0.1, -0.05) is 188 Å². The van der Waals surface area contributed by atoms with Crippen molar-refractivity contribution in [1.29, 1.82) is 0 Å². The second-order valence-electron chi connectivity index (χ2n) is 15.1. The molecule has 0 unspecified atom stereocenters. The van der Waals surface area contributed by atoms with Crippen LogP contribution >= 0.6 is 7.14 Å². The molecular weight excluding hydrogens is 748 g/mol. The second kappa shape index (κ2) is 17.4. The Kier molecular flexibility index (Phi) is 11.2. The summed E-state index contributed by atoms with van der Waals surface area (Å²) in [6, 6.07) is 69.2. The monoisotopic (exact) mass is 792 g/mol. The number of para-hydroxylation sites is 3. The zero-order valence-corrected chi connectivity index (χ0v) is 34.5. The van der Waals surface area contributed by atoms with Crippen molar-refractivity contribution in [1.82, 2.24) is 4.57 Å². The third kappa shape index (κ3) is 8.14. The first-order chi connectivity index (χ1) is 29.5. The zero-order chi connectivity index (χ0) is 40.7. The van der Waals surface area contributed by atoms with Gasteiger partial charge >= 0.3 is 0 Å². The summed E-state index contributed by atoms with van der Waals surface area (Å²) in [5.74, 6) is 0. The molecule has 4 heteroatoms. The highest BCUT2D eigenvalue weighted by Gasteiger charge is 2.25. The normalized spacial score (nSPS) is 12.1. The van der Waals surface area contributed by atoms with Crippen molar-refractivity contribution in [3.05, 3.63) is 229 Å². The predicted octanol–water partition coefficient (Wildman–Crippen LogP) is 14.0. The van der Waals surface area contributed by atoms with Gasteiger partial charge in [-0.3, -0.25) is 4.99 Å². The Labute approximate surface area is 352 Å². The number of hydrogen-bond acceptors (Lipinski definition) is 2. The molecule has 3 nitrogen and oxygen atoms in total. The lowest BCUT2D eigenvalue weighted by molar-refractivity contribution is 0.588. The molecule has 0 spiro atoms. The minimum atomic E-state index is -2.84. The average molecular weight is 793 g/mol. The summed E-state index contributed by atoms with van der Waals surface area (Å²) in [4.78, 5) is 5.03. The van der Waals surface area contributed by atoms with E-state index in [1.165, 1.54) is 38.5 Å². The van der Waals surface area contributed by atoms with Gasteiger partial charge in [-0.2, -0.15) is 0 Å². The molecule has 0 aliphatic heterocycles. The van der Waals surface area contributed by atoms with E-state index in [1.54, 1.807) is 0 Å². The summed E-state index contributed by atoms with van der Waals surface area (Å²) in [7, 11) is -2.84. The molecule has 0 saturated carbocycles. The maximum atomic E-state index is 14.6. The molecule has 0 radical (unpaired) electrons. The fourth-order valence-electron chi connectivity index (χ4n) is 8.13. The lowest BCUT2D eigenvalue weighted by atomic mass is 9.97. The molecule has 0 saturated heterocycles. The number of nitrogens with zero attached hydrogens (tertiary/aromatic N) is 2. The van der Waals surface area contributed by atoms with Gasteiger partial charge in [-0.05, 0) is 76.2 Å². The highest BCUT2D eigenvalue weighted by Crippen LogP contribution is 2.43. The maximum absolute atomic E-state index is 14.6. The molecule has 9 rings (SSSR count). The van der Waals surface area contributed by atoms with Crippen LogP contribution in [0, 0.1) is 6.92 Å². The smallest absolute Gasteiger partial charge is 0.146 e. The molecule has 0 amide bonds. The number of rotatable bonds is 12. The molecular formula is C56H45N2OP. The van der Waals surface area contributed by atoms with Gasteiger partial charge in [0.1, 0.15) is 7.14 Å². The Balaban J connectivity index is 1.03. The van der Waals surface area contributed by atoms with Crippen LogP contribution in [0.15, 0.2) is 211 Å². The van der Waals surface area contributed by atoms with E-state index < -0.39 is 7.14 Å². The summed E-state index contributed by atoms with van der Waals surface area (Å²) in [6.45, 7) is 2.15. The van der Waals surface area contributed by atoms with Crippen molar-refractivity contribution < 1.29 is 4.57 Å². The van der Waals surface area contributed by atoms with Crippen molar-refractivity contribution in [3.63, 3.8) is 0 Å².